The summed E-state index contributed by atoms with van der Waals surface area (Å²) in [5.74, 6) is 0. The van der Waals surface area contributed by atoms with E-state index >= 15 is 0 Å². The molecule has 0 aliphatic carbocycles. The Morgan fingerprint density at radius 3 is 1.59 bits per heavy atom. The molecule has 0 heterocycles. The summed E-state index contributed by atoms with van der Waals surface area (Å²) in [7, 11) is -5.09. The maximum absolute atomic E-state index is 11.7. The molecule has 0 N–H and O–H groups in total. The number of hydrogen-bond donors (Lipinski definition) is 0. The number of halogens is 6. The molecule has 0 aromatic heterocycles. The minimum absolute atomic E-state index is 1.13. The summed E-state index contributed by atoms with van der Waals surface area (Å²) in [6.45, 7) is -4.24. The van der Waals surface area contributed by atoms with Crippen molar-refractivity contribution < 1.29 is 44.5 Å². The summed E-state index contributed by atoms with van der Waals surface area (Å²) >= 11 is 0. The van der Waals surface area contributed by atoms with Crippen LogP contribution in [-0.2, 0) is 18.1 Å². The lowest BCUT2D eigenvalue weighted by Crippen LogP contribution is -2.20. The van der Waals surface area contributed by atoms with Crippen LogP contribution in [-0.4, -0.2) is 25.6 Å². The molecule has 0 spiro atoms. The second kappa shape index (κ2) is 5.62. The third kappa shape index (κ3) is 8.85. The van der Waals surface area contributed by atoms with Crippen molar-refractivity contribution in [3.8, 4) is 12.5 Å². The molecule has 0 rings (SSSR count). The molecule has 0 radical (unpaired) electrons. The monoisotopic (exact) mass is 286 g/mol. The van der Waals surface area contributed by atoms with Crippen molar-refractivity contribution in [2.24, 2.45) is 0 Å². The van der Waals surface area contributed by atoms with Crippen molar-refractivity contribution in [3.05, 3.63) is 0 Å². The van der Waals surface area contributed by atoms with Gasteiger partial charge in [-0.2, -0.15) is 26.3 Å². The summed E-state index contributed by atoms with van der Waals surface area (Å²) in [5.41, 5.74) is 0. The number of phosphoric acid groups is 1. The molecule has 11 heteroatoms. The Labute approximate surface area is 91.4 Å². The average molecular weight is 286 g/mol. The van der Waals surface area contributed by atoms with Gasteiger partial charge in [-0.15, -0.1) is 0 Å². The van der Waals surface area contributed by atoms with Crippen LogP contribution in [0.15, 0.2) is 0 Å². The lowest BCUT2D eigenvalue weighted by Gasteiger charge is -2.16. The SMILES string of the molecule is C#COP(=O)(OCC(F)(F)F)OCC(F)(F)F. The molecule has 100 valence electrons. The second-order valence-corrected chi connectivity index (χ2v) is 4.03. The van der Waals surface area contributed by atoms with Crippen LogP contribution in [0.4, 0.5) is 26.3 Å². The summed E-state index contributed by atoms with van der Waals surface area (Å²) < 4.78 is 91.9. The topological polar surface area (TPSA) is 44.8 Å². The van der Waals surface area contributed by atoms with Gasteiger partial charge in [0.25, 0.3) is 0 Å². The van der Waals surface area contributed by atoms with E-state index in [1.54, 1.807) is 0 Å². The molecule has 0 aromatic rings. The predicted molar refractivity (Wildman–Crippen MR) is 41.5 cm³/mol. The molecule has 0 fully saturated rings. The lowest BCUT2D eigenvalue weighted by atomic mass is 10.7. The standard InChI is InChI=1S/C6H5F6O4P/c1-2-14-17(13,15-3-5(7,8)9)16-4-6(10,11)12/h1H,3-4H2. The van der Waals surface area contributed by atoms with Gasteiger partial charge < -0.3 is 4.52 Å². The van der Waals surface area contributed by atoms with Crippen LogP contribution in [0.2, 0.25) is 0 Å². The molecule has 0 saturated carbocycles. The first-order valence-corrected chi connectivity index (χ1v) is 5.10. The van der Waals surface area contributed by atoms with Crippen molar-refractivity contribution in [1.29, 1.82) is 0 Å². The first-order valence-electron chi connectivity index (χ1n) is 3.64. The van der Waals surface area contributed by atoms with Gasteiger partial charge in [-0.3, -0.25) is 9.05 Å². The highest BCUT2D eigenvalue weighted by molar-refractivity contribution is 7.48. The van der Waals surface area contributed by atoms with Gasteiger partial charge in [0.2, 0.25) is 0 Å². The lowest BCUT2D eigenvalue weighted by molar-refractivity contribution is -0.169. The highest BCUT2D eigenvalue weighted by atomic mass is 31.2. The van der Waals surface area contributed by atoms with Crippen molar-refractivity contribution in [2.45, 2.75) is 12.4 Å². The van der Waals surface area contributed by atoms with Crippen LogP contribution in [0.3, 0.4) is 0 Å². The summed E-state index contributed by atoms with van der Waals surface area (Å²) in [6.07, 6.45) is -4.28. The first-order chi connectivity index (χ1) is 7.47. The Balaban J connectivity index is 4.48. The van der Waals surface area contributed by atoms with Crippen molar-refractivity contribution in [2.75, 3.05) is 13.2 Å². The Hall–Kier alpha value is -0.910. The van der Waals surface area contributed by atoms with Crippen LogP contribution in [0.5, 0.6) is 0 Å². The van der Waals surface area contributed by atoms with Crippen LogP contribution in [0.25, 0.3) is 0 Å². The molecule has 0 aliphatic rings. The van der Waals surface area contributed by atoms with E-state index in [9.17, 15) is 30.9 Å². The Kier molecular flexibility index (Phi) is 5.32. The maximum atomic E-state index is 11.7. The van der Waals surface area contributed by atoms with E-state index < -0.39 is 33.4 Å². The second-order valence-electron chi connectivity index (χ2n) is 2.43. The van der Waals surface area contributed by atoms with Crippen molar-refractivity contribution in [1.82, 2.24) is 0 Å². The van der Waals surface area contributed by atoms with Crippen LogP contribution in [0.1, 0.15) is 0 Å². The molecular formula is C6H5F6O4P. The van der Waals surface area contributed by atoms with Gasteiger partial charge in [-0.1, -0.05) is 6.42 Å². The van der Waals surface area contributed by atoms with E-state index in [1.807, 2.05) is 0 Å². The third-order valence-corrected chi connectivity index (χ3v) is 2.16. The Morgan fingerprint density at radius 2 is 1.35 bits per heavy atom. The smallest absolute Gasteiger partial charge is 0.350 e. The zero-order chi connectivity index (χ0) is 13.7. The number of phosphoric ester groups is 1. The molecular weight excluding hydrogens is 281 g/mol. The largest absolute Gasteiger partial charge is 0.539 e. The van der Waals surface area contributed by atoms with Crippen molar-refractivity contribution in [3.63, 3.8) is 0 Å². The van der Waals surface area contributed by atoms with Gasteiger partial charge in [0.1, 0.15) is 6.11 Å². The Morgan fingerprint density at radius 1 is 1.00 bits per heavy atom. The van der Waals surface area contributed by atoms with E-state index in [0.717, 1.165) is 6.11 Å². The molecule has 0 saturated heterocycles. The fourth-order valence-electron chi connectivity index (χ4n) is 0.459. The van der Waals surface area contributed by atoms with Crippen molar-refractivity contribution >= 4 is 7.82 Å². The number of hydrogen-bond acceptors (Lipinski definition) is 4. The molecule has 0 aliphatic heterocycles. The molecule has 0 bridgehead atoms. The van der Waals surface area contributed by atoms with E-state index in [1.165, 1.54) is 0 Å². The zero-order valence-corrected chi connectivity index (χ0v) is 8.73. The van der Waals surface area contributed by atoms with Gasteiger partial charge in [-0.05, 0) is 0 Å². The minimum Gasteiger partial charge on any atom is -0.350 e. The van der Waals surface area contributed by atoms with Crippen LogP contribution in [0, 0.1) is 12.5 Å². The zero-order valence-electron chi connectivity index (χ0n) is 7.84. The quantitative estimate of drug-likeness (QED) is 0.443. The van der Waals surface area contributed by atoms with Crippen LogP contribution >= 0.6 is 7.82 Å². The summed E-state index contributed by atoms with van der Waals surface area (Å²) in [5, 5.41) is 0. The molecule has 0 amide bonds. The van der Waals surface area contributed by atoms with E-state index in [-0.39, 0.29) is 0 Å². The molecule has 4 nitrogen and oxygen atoms in total. The number of terminal acetylenes is 1. The fourth-order valence-corrected chi connectivity index (χ4v) is 1.38. The van der Waals surface area contributed by atoms with Gasteiger partial charge in [0, 0.05) is 0 Å². The average Bonchev–Trinajstić information content (AvgIpc) is 2.11. The third-order valence-electron chi connectivity index (χ3n) is 0.937. The van der Waals surface area contributed by atoms with Crippen LogP contribution < -0.4 is 0 Å². The fraction of sp³-hybridized carbons (Fsp3) is 0.667. The molecule has 0 unspecified atom stereocenters. The minimum atomic E-state index is -5.09. The Bertz CT molecular complexity index is 307. The normalized spacial score (nSPS) is 13.2. The number of alkyl halides is 6. The maximum Gasteiger partial charge on any atom is 0.539 e. The first kappa shape index (κ1) is 16.1. The van der Waals surface area contributed by atoms with E-state index in [0.29, 0.717) is 0 Å². The molecule has 0 atom stereocenters. The molecule has 17 heavy (non-hydrogen) atoms. The van der Waals surface area contributed by atoms with Gasteiger partial charge >= 0.3 is 20.2 Å². The highest BCUT2D eigenvalue weighted by Crippen LogP contribution is 2.50. The van der Waals surface area contributed by atoms with E-state index in [4.69, 9.17) is 0 Å². The summed E-state index contributed by atoms with van der Waals surface area (Å²) in [4.78, 5) is 0. The number of rotatable bonds is 5. The predicted octanol–water partition coefficient (Wildman–Crippen LogP) is 2.86. The van der Waals surface area contributed by atoms with E-state index in [2.05, 4.69) is 20.0 Å². The van der Waals surface area contributed by atoms with Gasteiger partial charge in [-0.25, -0.2) is 4.57 Å². The van der Waals surface area contributed by atoms with Gasteiger partial charge in [0.15, 0.2) is 13.2 Å². The highest BCUT2D eigenvalue weighted by Gasteiger charge is 2.40. The van der Waals surface area contributed by atoms with Gasteiger partial charge in [0.05, 0.1) is 0 Å². The summed E-state index contributed by atoms with van der Waals surface area (Å²) in [6, 6.07) is 0. The molecule has 0 aromatic carbocycles.